The summed E-state index contributed by atoms with van der Waals surface area (Å²) in [7, 11) is 2.04. The van der Waals surface area contributed by atoms with E-state index in [4.69, 9.17) is 0 Å². The van der Waals surface area contributed by atoms with Gasteiger partial charge in [-0.05, 0) is 19.1 Å². The van der Waals surface area contributed by atoms with Crippen LogP contribution in [0.4, 0.5) is 0 Å². The molecule has 0 saturated heterocycles. The van der Waals surface area contributed by atoms with Crippen LogP contribution in [0.5, 0.6) is 0 Å². The summed E-state index contributed by atoms with van der Waals surface area (Å²) in [6.07, 6.45) is 0. The number of nitrogens with zero attached hydrogens (tertiary/aromatic N) is 3. The quantitative estimate of drug-likeness (QED) is 0.827. The molecule has 1 aromatic carbocycles. The Bertz CT molecular complexity index is 598. The maximum absolute atomic E-state index is 4.61. The van der Waals surface area contributed by atoms with Crippen LogP contribution in [0.3, 0.4) is 0 Å². The van der Waals surface area contributed by atoms with Crippen molar-refractivity contribution in [2.75, 3.05) is 6.54 Å². The van der Waals surface area contributed by atoms with Crippen molar-refractivity contribution in [1.82, 2.24) is 20.2 Å². The molecule has 0 amide bonds. The summed E-state index contributed by atoms with van der Waals surface area (Å²) in [5, 5.41) is 6.56. The van der Waals surface area contributed by atoms with E-state index in [1.807, 2.05) is 25.2 Å². The number of guanidine groups is 1. The van der Waals surface area contributed by atoms with Gasteiger partial charge in [0.05, 0.1) is 24.1 Å². The minimum atomic E-state index is 0.424. The predicted molar refractivity (Wildman–Crippen MR) is 72.5 cm³/mol. The van der Waals surface area contributed by atoms with E-state index >= 15 is 0 Å². The van der Waals surface area contributed by atoms with Crippen molar-refractivity contribution in [2.45, 2.75) is 19.5 Å². The van der Waals surface area contributed by atoms with Crippen LogP contribution < -0.4 is 10.6 Å². The van der Waals surface area contributed by atoms with E-state index in [2.05, 4.69) is 38.2 Å². The van der Waals surface area contributed by atoms with Gasteiger partial charge in [0.2, 0.25) is 0 Å². The van der Waals surface area contributed by atoms with Crippen LogP contribution in [-0.2, 0) is 13.6 Å². The largest absolute Gasteiger partial charge is 0.352 e. The Balaban J connectivity index is 1.77. The van der Waals surface area contributed by atoms with Crippen molar-refractivity contribution in [2.24, 2.45) is 12.0 Å². The second-order valence-corrected chi connectivity index (χ2v) is 4.66. The first-order valence-electron chi connectivity index (χ1n) is 6.19. The average molecular weight is 243 g/mol. The third-order valence-electron chi connectivity index (χ3n) is 3.20. The molecule has 3 rings (SSSR count). The summed E-state index contributed by atoms with van der Waals surface area (Å²) >= 11 is 0. The van der Waals surface area contributed by atoms with Crippen LogP contribution in [0, 0.1) is 0 Å². The molecule has 0 radical (unpaired) electrons. The van der Waals surface area contributed by atoms with Crippen molar-refractivity contribution in [3.8, 4) is 0 Å². The zero-order chi connectivity index (χ0) is 12.5. The lowest BCUT2D eigenvalue weighted by Crippen LogP contribution is -2.37. The van der Waals surface area contributed by atoms with Crippen LogP contribution in [0.1, 0.15) is 12.7 Å². The zero-order valence-electron chi connectivity index (χ0n) is 10.6. The van der Waals surface area contributed by atoms with E-state index in [1.165, 1.54) is 0 Å². The third-order valence-corrected chi connectivity index (χ3v) is 3.20. The molecule has 0 fully saturated rings. The Kier molecular flexibility index (Phi) is 2.66. The Morgan fingerprint density at radius 1 is 1.44 bits per heavy atom. The first kappa shape index (κ1) is 11.1. The summed E-state index contributed by atoms with van der Waals surface area (Å²) in [5.74, 6) is 1.88. The number of hydrogen-bond donors (Lipinski definition) is 2. The SMILES string of the molecule is CC1CN=C(NCc2nc3ccccc3n2C)N1. The molecule has 1 atom stereocenters. The molecule has 2 N–H and O–H groups in total. The van der Waals surface area contributed by atoms with Gasteiger partial charge in [-0.2, -0.15) is 0 Å². The van der Waals surface area contributed by atoms with Crippen molar-refractivity contribution < 1.29 is 0 Å². The highest BCUT2D eigenvalue weighted by atomic mass is 15.2. The standard InChI is InChI=1S/C13H17N5/c1-9-7-14-13(16-9)15-8-12-17-10-5-3-4-6-11(10)18(12)2/h3-6,9H,7-8H2,1-2H3,(H2,14,15,16). The van der Waals surface area contributed by atoms with E-state index in [9.17, 15) is 0 Å². The summed E-state index contributed by atoms with van der Waals surface area (Å²) in [4.78, 5) is 8.98. The second-order valence-electron chi connectivity index (χ2n) is 4.66. The minimum absolute atomic E-state index is 0.424. The van der Waals surface area contributed by atoms with Gasteiger partial charge in [-0.3, -0.25) is 4.99 Å². The molecule has 0 spiro atoms. The fourth-order valence-electron chi connectivity index (χ4n) is 2.18. The monoisotopic (exact) mass is 243 g/mol. The number of aryl methyl sites for hydroxylation is 1. The maximum Gasteiger partial charge on any atom is 0.191 e. The summed E-state index contributed by atoms with van der Waals surface area (Å²) in [5.41, 5.74) is 2.19. The molecule has 2 aromatic rings. The third kappa shape index (κ3) is 1.92. The molecule has 1 aliphatic heterocycles. The number of fused-ring (bicyclic) bond motifs is 1. The molecule has 1 aliphatic rings. The van der Waals surface area contributed by atoms with Gasteiger partial charge in [-0.1, -0.05) is 12.1 Å². The lowest BCUT2D eigenvalue weighted by Gasteiger charge is -2.08. The number of rotatable bonds is 2. The molecular weight excluding hydrogens is 226 g/mol. The van der Waals surface area contributed by atoms with E-state index in [0.717, 1.165) is 29.4 Å². The maximum atomic E-state index is 4.61. The van der Waals surface area contributed by atoms with Gasteiger partial charge < -0.3 is 15.2 Å². The molecule has 5 nitrogen and oxygen atoms in total. The van der Waals surface area contributed by atoms with Crippen molar-refractivity contribution >= 4 is 17.0 Å². The number of para-hydroxylation sites is 2. The number of nitrogens with one attached hydrogen (secondary N) is 2. The summed E-state index contributed by atoms with van der Waals surface area (Å²) < 4.78 is 2.11. The molecule has 1 unspecified atom stereocenters. The Morgan fingerprint density at radius 3 is 3.00 bits per heavy atom. The first-order valence-corrected chi connectivity index (χ1v) is 6.19. The van der Waals surface area contributed by atoms with Crippen molar-refractivity contribution in [1.29, 1.82) is 0 Å². The number of benzene rings is 1. The van der Waals surface area contributed by atoms with Crippen molar-refractivity contribution in [3.05, 3.63) is 30.1 Å². The lowest BCUT2D eigenvalue weighted by atomic mass is 10.3. The number of hydrogen-bond acceptors (Lipinski definition) is 4. The van der Waals surface area contributed by atoms with E-state index in [0.29, 0.717) is 12.6 Å². The molecule has 1 aromatic heterocycles. The molecule has 0 saturated carbocycles. The number of aromatic nitrogens is 2. The average Bonchev–Trinajstić information content (AvgIpc) is 2.92. The Morgan fingerprint density at radius 2 is 2.28 bits per heavy atom. The van der Waals surface area contributed by atoms with E-state index in [-0.39, 0.29) is 0 Å². The molecule has 0 bridgehead atoms. The van der Waals surface area contributed by atoms with E-state index < -0.39 is 0 Å². The van der Waals surface area contributed by atoms with Crippen molar-refractivity contribution in [3.63, 3.8) is 0 Å². The highest BCUT2D eigenvalue weighted by Crippen LogP contribution is 2.13. The Labute approximate surface area is 106 Å². The van der Waals surface area contributed by atoms with Gasteiger partial charge in [0, 0.05) is 13.1 Å². The molecule has 18 heavy (non-hydrogen) atoms. The topological polar surface area (TPSA) is 54.2 Å². The fraction of sp³-hybridized carbons (Fsp3) is 0.385. The highest BCUT2D eigenvalue weighted by Gasteiger charge is 2.13. The predicted octanol–water partition coefficient (Wildman–Crippen LogP) is 1.01. The second kappa shape index (κ2) is 4.33. The smallest absolute Gasteiger partial charge is 0.191 e. The van der Waals surface area contributed by atoms with Gasteiger partial charge in [-0.25, -0.2) is 4.98 Å². The summed E-state index contributed by atoms with van der Waals surface area (Å²) in [6, 6.07) is 8.58. The van der Waals surface area contributed by atoms with Gasteiger partial charge in [-0.15, -0.1) is 0 Å². The normalized spacial score (nSPS) is 18.8. The van der Waals surface area contributed by atoms with Crippen LogP contribution in [0.2, 0.25) is 0 Å². The zero-order valence-corrected chi connectivity index (χ0v) is 10.6. The molecule has 94 valence electrons. The highest BCUT2D eigenvalue weighted by molar-refractivity contribution is 5.81. The Hall–Kier alpha value is -2.04. The van der Waals surface area contributed by atoms with Gasteiger partial charge >= 0.3 is 0 Å². The fourth-order valence-corrected chi connectivity index (χ4v) is 2.18. The molecule has 2 heterocycles. The lowest BCUT2D eigenvalue weighted by molar-refractivity contribution is 0.702. The number of aliphatic imine (C=N–C) groups is 1. The first-order chi connectivity index (χ1) is 8.74. The van der Waals surface area contributed by atoms with Crippen LogP contribution >= 0.6 is 0 Å². The van der Waals surface area contributed by atoms with Crippen LogP contribution in [-0.4, -0.2) is 28.1 Å². The van der Waals surface area contributed by atoms with Gasteiger partial charge in [0.15, 0.2) is 5.96 Å². The molecule has 0 aliphatic carbocycles. The van der Waals surface area contributed by atoms with Gasteiger partial charge in [0.1, 0.15) is 5.82 Å². The molecule has 5 heteroatoms. The van der Waals surface area contributed by atoms with E-state index in [1.54, 1.807) is 0 Å². The molecular formula is C13H17N5. The van der Waals surface area contributed by atoms with Crippen LogP contribution in [0.15, 0.2) is 29.3 Å². The number of imidazole rings is 1. The minimum Gasteiger partial charge on any atom is -0.352 e. The van der Waals surface area contributed by atoms with Gasteiger partial charge in [0.25, 0.3) is 0 Å². The summed E-state index contributed by atoms with van der Waals surface area (Å²) in [6.45, 7) is 3.64. The van der Waals surface area contributed by atoms with Crippen LogP contribution in [0.25, 0.3) is 11.0 Å².